The number of nitrogens with zero attached hydrogens (tertiary/aromatic N) is 7. The largest absolute Gasteiger partial charge is 0.438 e. The van der Waals surface area contributed by atoms with Gasteiger partial charge in [-0.05, 0) is 81.5 Å². The summed E-state index contributed by atoms with van der Waals surface area (Å²) in [6.07, 6.45) is 12.5. The maximum Gasteiger partial charge on any atom is 0.284 e. The second kappa shape index (κ2) is 13.1. The van der Waals surface area contributed by atoms with Crippen LogP contribution in [0.15, 0.2) is 100 Å². The SMILES string of the molecule is Cc1nc(Oc2ccc(NC(=O)c3cn(C)n(-c4ccc(F)cc4)c3=O)cc2)c2c(C3C=C(CN(C)C)C=CC3)c(-c3cnn(C)c3)oc2n1. The van der Waals surface area contributed by atoms with Gasteiger partial charge in [0.15, 0.2) is 0 Å². The second-order valence-electron chi connectivity index (χ2n) is 12.5. The molecule has 4 aromatic heterocycles. The third kappa shape index (κ3) is 6.38. The van der Waals surface area contributed by atoms with E-state index in [0.29, 0.717) is 45.7 Å². The maximum absolute atomic E-state index is 13.4. The number of fused-ring (bicyclic) bond motifs is 1. The standard InChI is InChI=1S/C37H35FN8O4/c1-22-40-35(32-31(24-8-6-7-23(17-24)19-43(2)3)33(50-36(32)41-22)25-18-39-44(4)20-25)49-29-15-11-27(12-16-29)42-34(47)30-21-45(5)46(37(30)48)28-13-9-26(38)10-14-28/h6-7,9-18,20-21,24H,8,19H2,1-5H3,(H,42,47). The van der Waals surface area contributed by atoms with Crippen molar-refractivity contribution in [1.29, 1.82) is 0 Å². The van der Waals surface area contributed by atoms with Crippen LogP contribution in [0.25, 0.3) is 28.1 Å². The number of likely N-dealkylation sites (N-methyl/N-ethyl adjacent to an activating group) is 1. The first kappa shape index (κ1) is 32.5. The number of amides is 1. The van der Waals surface area contributed by atoms with Crippen molar-refractivity contribution in [2.45, 2.75) is 19.3 Å². The van der Waals surface area contributed by atoms with E-state index in [0.717, 1.165) is 24.1 Å². The van der Waals surface area contributed by atoms with Crippen LogP contribution in [0.2, 0.25) is 0 Å². The molecule has 13 heteroatoms. The molecule has 1 aliphatic rings. The highest BCUT2D eigenvalue weighted by Gasteiger charge is 2.29. The molecule has 4 heterocycles. The second-order valence-corrected chi connectivity index (χ2v) is 12.5. The first-order chi connectivity index (χ1) is 24.0. The monoisotopic (exact) mass is 674 g/mol. The van der Waals surface area contributed by atoms with Gasteiger partial charge in [-0.25, -0.2) is 9.07 Å². The third-order valence-corrected chi connectivity index (χ3v) is 8.34. The van der Waals surface area contributed by atoms with Gasteiger partial charge >= 0.3 is 0 Å². The number of allylic oxidation sites excluding steroid dienone is 2. The highest BCUT2D eigenvalue weighted by atomic mass is 19.1. The summed E-state index contributed by atoms with van der Waals surface area (Å²) < 4.78 is 30.8. The Labute approximate surface area is 286 Å². The topological polar surface area (TPSA) is 125 Å². The summed E-state index contributed by atoms with van der Waals surface area (Å²) in [7, 11) is 7.58. The van der Waals surface area contributed by atoms with E-state index in [1.165, 1.54) is 45.4 Å². The minimum atomic E-state index is -0.581. The van der Waals surface area contributed by atoms with Crippen molar-refractivity contribution in [2.24, 2.45) is 14.1 Å². The minimum Gasteiger partial charge on any atom is -0.438 e. The number of halogens is 1. The number of anilines is 1. The molecule has 0 bridgehead atoms. The normalized spacial score (nSPS) is 14.4. The summed E-state index contributed by atoms with van der Waals surface area (Å²) in [6, 6.07) is 12.2. The number of hydrogen-bond donors (Lipinski definition) is 1. The Balaban J connectivity index is 1.19. The van der Waals surface area contributed by atoms with Gasteiger partial charge in [0.05, 0.1) is 17.4 Å². The Hall–Kier alpha value is -6.08. The smallest absolute Gasteiger partial charge is 0.284 e. The molecule has 1 atom stereocenters. The van der Waals surface area contributed by atoms with Crippen LogP contribution in [0.4, 0.5) is 10.1 Å². The van der Waals surface area contributed by atoms with E-state index in [-0.39, 0.29) is 11.5 Å². The number of nitrogens with one attached hydrogen (secondary N) is 1. The van der Waals surface area contributed by atoms with E-state index in [2.05, 4.69) is 38.5 Å². The average molecular weight is 675 g/mol. The average Bonchev–Trinajstić information content (AvgIpc) is 3.76. The van der Waals surface area contributed by atoms with Gasteiger partial charge in [-0.3, -0.25) is 19.0 Å². The summed E-state index contributed by atoms with van der Waals surface area (Å²) >= 11 is 0. The molecular weight excluding hydrogens is 639 g/mol. The van der Waals surface area contributed by atoms with E-state index >= 15 is 0 Å². The minimum absolute atomic E-state index is 0.0247. The van der Waals surface area contributed by atoms with E-state index < -0.39 is 17.3 Å². The molecule has 6 aromatic rings. The first-order valence-corrected chi connectivity index (χ1v) is 16.0. The molecule has 1 aliphatic carbocycles. The van der Waals surface area contributed by atoms with Gasteiger partial charge in [0.1, 0.15) is 34.1 Å². The lowest BCUT2D eigenvalue weighted by Gasteiger charge is -2.20. The lowest BCUT2D eigenvalue weighted by molar-refractivity contribution is 0.102. The van der Waals surface area contributed by atoms with Crippen LogP contribution in [0.5, 0.6) is 11.6 Å². The van der Waals surface area contributed by atoms with Crippen LogP contribution in [0.3, 0.4) is 0 Å². The molecular formula is C37H35FN8O4. The molecule has 0 fully saturated rings. The number of ether oxygens (including phenoxy) is 1. The molecule has 1 N–H and O–H groups in total. The summed E-state index contributed by atoms with van der Waals surface area (Å²) in [5.41, 5.74) is 3.65. The first-order valence-electron chi connectivity index (χ1n) is 16.0. The number of carbonyl (C=O) groups is 1. The van der Waals surface area contributed by atoms with Crippen molar-refractivity contribution in [1.82, 2.24) is 34.0 Å². The molecule has 0 saturated carbocycles. The molecule has 12 nitrogen and oxygen atoms in total. The number of hydrogen-bond acceptors (Lipinski definition) is 8. The van der Waals surface area contributed by atoms with Gasteiger partial charge in [0.2, 0.25) is 11.6 Å². The van der Waals surface area contributed by atoms with Crippen LogP contribution < -0.4 is 15.6 Å². The fourth-order valence-electron chi connectivity index (χ4n) is 6.20. The fourth-order valence-corrected chi connectivity index (χ4v) is 6.20. The Morgan fingerprint density at radius 2 is 1.84 bits per heavy atom. The van der Waals surface area contributed by atoms with Gasteiger partial charge in [-0.2, -0.15) is 15.1 Å². The number of benzene rings is 2. The molecule has 0 spiro atoms. The zero-order valence-corrected chi connectivity index (χ0v) is 28.2. The third-order valence-electron chi connectivity index (χ3n) is 8.34. The number of aromatic nitrogens is 6. The van der Waals surface area contributed by atoms with E-state index in [4.69, 9.17) is 14.1 Å². The van der Waals surface area contributed by atoms with Gasteiger partial charge in [-0.1, -0.05) is 18.2 Å². The Morgan fingerprint density at radius 1 is 1.08 bits per heavy atom. The van der Waals surface area contributed by atoms with Gasteiger partial charge in [0.25, 0.3) is 11.5 Å². The number of aryl methyl sites for hydroxylation is 3. The van der Waals surface area contributed by atoms with Crippen LogP contribution in [-0.2, 0) is 14.1 Å². The van der Waals surface area contributed by atoms with Gasteiger partial charge < -0.3 is 19.4 Å². The van der Waals surface area contributed by atoms with Crippen molar-refractivity contribution < 1.29 is 18.3 Å². The molecule has 2 aromatic carbocycles. The molecule has 254 valence electrons. The molecule has 50 heavy (non-hydrogen) atoms. The van der Waals surface area contributed by atoms with Crippen molar-refractivity contribution in [2.75, 3.05) is 26.0 Å². The van der Waals surface area contributed by atoms with E-state index in [1.807, 2.05) is 27.3 Å². The molecule has 7 rings (SSSR count). The Morgan fingerprint density at radius 3 is 2.54 bits per heavy atom. The predicted octanol–water partition coefficient (Wildman–Crippen LogP) is 6.14. The quantitative estimate of drug-likeness (QED) is 0.194. The highest BCUT2D eigenvalue weighted by Crippen LogP contribution is 2.45. The lowest BCUT2D eigenvalue weighted by Crippen LogP contribution is -2.25. The summed E-state index contributed by atoms with van der Waals surface area (Å²) in [5.74, 6) is 0.940. The number of rotatable bonds is 9. The summed E-state index contributed by atoms with van der Waals surface area (Å²) in [5, 5.41) is 7.83. The van der Waals surface area contributed by atoms with Crippen LogP contribution >= 0.6 is 0 Å². The number of furan rings is 1. The Bertz CT molecular complexity index is 2340. The van der Waals surface area contributed by atoms with Crippen molar-refractivity contribution in [3.8, 4) is 28.6 Å². The zero-order valence-electron chi connectivity index (χ0n) is 28.2. The van der Waals surface area contributed by atoms with Crippen LogP contribution in [0, 0.1) is 12.7 Å². The van der Waals surface area contributed by atoms with E-state index in [9.17, 15) is 14.0 Å². The van der Waals surface area contributed by atoms with Gasteiger partial charge in [0, 0.05) is 50.2 Å². The lowest BCUT2D eigenvalue weighted by atomic mass is 9.87. The predicted molar refractivity (Wildman–Crippen MR) is 187 cm³/mol. The van der Waals surface area contributed by atoms with Crippen LogP contribution in [0.1, 0.15) is 34.1 Å². The zero-order chi connectivity index (χ0) is 35.1. The molecule has 1 amide bonds. The van der Waals surface area contributed by atoms with Gasteiger partial charge in [-0.15, -0.1) is 0 Å². The molecule has 0 aliphatic heterocycles. The molecule has 0 radical (unpaired) electrons. The number of carbonyl (C=O) groups excluding carboxylic acids is 1. The van der Waals surface area contributed by atoms with E-state index in [1.54, 1.807) is 49.1 Å². The van der Waals surface area contributed by atoms with Crippen molar-refractivity contribution >= 4 is 22.7 Å². The Kier molecular flexibility index (Phi) is 8.50. The molecule has 0 saturated heterocycles. The highest BCUT2D eigenvalue weighted by molar-refractivity contribution is 6.04. The summed E-state index contributed by atoms with van der Waals surface area (Å²) in [4.78, 5) is 37.8. The van der Waals surface area contributed by atoms with Crippen LogP contribution in [-0.4, -0.2) is 60.6 Å². The summed E-state index contributed by atoms with van der Waals surface area (Å²) in [6.45, 7) is 2.57. The molecule has 1 unspecified atom stereocenters. The maximum atomic E-state index is 13.4. The van der Waals surface area contributed by atoms with Crippen molar-refractivity contribution in [3.63, 3.8) is 0 Å². The van der Waals surface area contributed by atoms with Crippen molar-refractivity contribution in [3.05, 3.63) is 124 Å². The fraction of sp³-hybridized carbons (Fsp3) is 0.216.